The number of fused-ring (bicyclic) bond motifs is 6. The van der Waals surface area contributed by atoms with Crippen LogP contribution in [0.3, 0.4) is 0 Å². The fourth-order valence-electron chi connectivity index (χ4n) is 8.97. The number of nitrogens with zero attached hydrogens (tertiary/aromatic N) is 3. The zero-order valence-electron chi connectivity index (χ0n) is 22.0. The Labute approximate surface area is 228 Å². The van der Waals surface area contributed by atoms with E-state index in [1.165, 1.54) is 11.1 Å². The molecule has 0 aromatic carbocycles. The Bertz CT molecular complexity index is 1350. The number of aliphatic hydroxyl groups excluding tert-OH is 1. The van der Waals surface area contributed by atoms with E-state index in [4.69, 9.17) is 4.74 Å². The Hall–Kier alpha value is -2.45. The van der Waals surface area contributed by atoms with E-state index >= 15 is 0 Å². The van der Waals surface area contributed by atoms with Gasteiger partial charge in [-0.1, -0.05) is 25.5 Å². The van der Waals surface area contributed by atoms with Crippen LogP contribution in [0.4, 0.5) is 0 Å². The fraction of sp³-hybridized carbons (Fsp3) is 0.600. The number of hydrogen-bond acceptors (Lipinski definition) is 6. The summed E-state index contributed by atoms with van der Waals surface area (Å²) in [5.74, 6) is 0.944. The number of aromatic nitrogens is 3. The first kappa shape index (κ1) is 24.6. The molecule has 0 bridgehead atoms. The predicted molar refractivity (Wildman–Crippen MR) is 144 cm³/mol. The molecule has 0 spiro atoms. The number of allylic oxidation sites excluding steroid dienone is 1. The highest BCUT2D eigenvalue weighted by Crippen LogP contribution is 2.68. The number of thiol groups is 1. The van der Waals surface area contributed by atoms with Crippen LogP contribution in [-0.2, 0) is 20.7 Å². The molecule has 5 aliphatic rings. The third kappa shape index (κ3) is 3.25. The molecule has 4 saturated carbocycles. The van der Waals surface area contributed by atoms with Crippen LogP contribution in [-0.4, -0.2) is 42.7 Å². The summed E-state index contributed by atoms with van der Waals surface area (Å²) in [7, 11) is 0. The Balaban J connectivity index is 1.24. The highest BCUT2D eigenvalue weighted by Gasteiger charge is 2.70. The second-order valence-corrected chi connectivity index (χ2v) is 13.2. The first-order valence-corrected chi connectivity index (χ1v) is 14.5. The number of rotatable bonds is 4. The molecule has 38 heavy (non-hydrogen) atoms. The van der Waals surface area contributed by atoms with Crippen molar-refractivity contribution >= 4 is 29.8 Å². The van der Waals surface area contributed by atoms with Crippen molar-refractivity contribution in [3.05, 3.63) is 47.4 Å². The van der Waals surface area contributed by atoms with Gasteiger partial charge in [-0.05, 0) is 98.3 Å². The lowest BCUT2D eigenvalue weighted by atomic mass is 9.45. The first-order valence-electron chi connectivity index (χ1n) is 14.0. The summed E-state index contributed by atoms with van der Waals surface area (Å²) in [6, 6.07) is 5.84. The number of carbonyl (C=O) groups is 2. The maximum Gasteiger partial charge on any atom is 0.309 e. The largest absolute Gasteiger partial charge is 0.449 e. The average molecular weight is 534 g/mol. The van der Waals surface area contributed by atoms with Crippen LogP contribution in [0.1, 0.15) is 70.1 Å². The minimum atomic E-state index is -1.26. The van der Waals surface area contributed by atoms with Gasteiger partial charge in [0.05, 0.1) is 23.9 Å². The highest BCUT2D eigenvalue weighted by molar-refractivity contribution is 7.96. The van der Waals surface area contributed by atoms with Gasteiger partial charge >= 0.3 is 5.97 Å². The molecule has 0 saturated heterocycles. The van der Waals surface area contributed by atoms with Gasteiger partial charge in [0.25, 0.3) is 0 Å². The van der Waals surface area contributed by atoms with E-state index in [1.54, 1.807) is 6.20 Å². The van der Waals surface area contributed by atoms with Crippen molar-refractivity contribution < 1.29 is 19.4 Å². The third-order valence-electron chi connectivity index (χ3n) is 10.9. The van der Waals surface area contributed by atoms with Gasteiger partial charge in [-0.2, -0.15) is 5.10 Å². The zero-order valence-corrected chi connectivity index (χ0v) is 22.9. The molecule has 1 N–H and O–H groups in total. The number of pyridine rings is 1. The van der Waals surface area contributed by atoms with Crippen molar-refractivity contribution in [2.24, 2.45) is 34.5 Å². The van der Waals surface area contributed by atoms with Gasteiger partial charge in [0, 0.05) is 11.6 Å². The summed E-state index contributed by atoms with van der Waals surface area (Å²) < 4.78 is 8.02. The van der Waals surface area contributed by atoms with E-state index in [0.717, 1.165) is 50.0 Å². The van der Waals surface area contributed by atoms with Gasteiger partial charge in [-0.25, -0.2) is 9.67 Å². The van der Waals surface area contributed by atoms with Gasteiger partial charge in [0.15, 0.2) is 11.4 Å². The monoisotopic (exact) mass is 533 g/mol. The number of ether oxygens (including phenoxy) is 1. The van der Waals surface area contributed by atoms with Crippen LogP contribution >= 0.6 is 12.6 Å². The standard InChI is InChI=1S/C30H35N3O4S/c1-28-14-18-16-32-33(24-5-3-4-12-31-24)22(18)13-19(28)8-9-20-21-10-11-30(27(36)38,37-26(35)17-6-7-17)29(21,2)15-23(34)25(20)28/h3-5,12-13,16-17,20-21,23,25,34H,6-11,14-15H2,1-2H3,(H,36,38). The molecular formula is C30H35N3O4S. The first-order chi connectivity index (χ1) is 18.2. The quantitative estimate of drug-likeness (QED) is 0.442. The topological polar surface area (TPSA) is 94.3 Å². The molecule has 7 atom stereocenters. The van der Waals surface area contributed by atoms with Crippen molar-refractivity contribution in [3.63, 3.8) is 0 Å². The van der Waals surface area contributed by atoms with Gasteiger partial charge in [0.1, 0.15) is 0 Å². The maximum atomic E-state index is 13.1. The number of hydrogen-bond donors (Lipinski definition) is 2. The summed E-state index contributed by atoms with van der Waals surface area (Å²) in [6.45, 7) is 4.38. The highest BCUT2D eigenvalue weighted by atomic mass is 32.1. The number of esters is 1. The lowest BCUT2D eigenvalue weighted by Crippen LogP contribution is -2.62. The summed E-state index contributed by atoms with van der Waals surface area (Å²) in [6.07, 6.45) is 11.5. The van der Waals surface area contributed by atoms with Crippen molar-refractivity contribution in [1.29, 1.82) is 0 Å². The van der Waals surface area contributed by atoms with E-state index in [2.05, 4.69) is 42.6 Å². The smallest absolute Gasteiger partial charge is 0.309 e. The van der Waals surface area contributed by atoms with E-state index in [-0.39, 0.29) is 40.2 Å². The van der Waals surface area contributed by atoms with Crippen molar-refractivity contribution in [1.82, 2.24) is 14.8 Å². The van der Waals surface area contributed by atoms with Crippen molar-refractivity contribution in [3.8, 4) is 5.82 Å². The molecule has 7 unspecified atom stereocenters. The van der Waals surface area contributed by atoms with Crippen LogP contribution in [0.15, 0.2) is 36.2 Å². The Morgan fingerprint density at radius 1 is 1.18 bits per heavy atom. The molecule has 7 rings (SSSR count). The molecule has 8 heteroatoms. The van der Waals surface area contributed by atoms with Crippen molar-refractivity contribution in [2.75, 3.05) is 0 Å². The third-order valence-corrected chi connectivity index (χ3v) is 11.3. The van der Waals surface area contributed by atoms with Crippen LogP contribution in [0, 0.1) is 34.5 Å². The fourth-order valence-corrected chi connectivity index (χ4v) is 9.38. The lowest BCUT2D eigenvalue weighted by Gasteiger charge is -2.60. The summed E-state index contributed by atoms with van der Waals surface area (Å²) in [5.41, 5.74) is 1.53. The van der Waals surface area contributed by atoms with Gasteiger partial charge in [-0.15, -0.1) is 12.6 Å². The summed E-state index contributed by atoms with van der Waals surface area (Å²) in [5, 5.41) is 16.2. The summed E-state index contributed by atoms with van der Waals surface area (Å²) in [4.78, 5) is 30.4. The molecule has 7 nitrogen and oxygen atoms in total. The van der Waals surface area contributed by atoms with Crippen molar-refractivity contribution in [2.45, 2.75) is 76.9 Å². The molecule has 0 amide bonds. The second kappa shape index (κ2) is 8.28. The molecule has 2 aromatic heterocycles. The number of aliphatic hydroxyl groups is 1. The predicted octanol–water partition coefficient (Wildman–Crippen LogP) is 4.57. The van der Waals surface area contributed by atoms with Crippen LogP contribution in [0.2, 0.25) is 0 Å². The maximum absolute atomic E-state index is 13.1. The van der Waals surface area contributed by atoms with Crippen LogP contribution in [0.5, 0.6) is 0 Å². The molecule has 2 aromatic rings. The van der Waals surface area contributed by atoms with E-state index in [9.17, 15) is 14.7 Å². The minimum absolute atomic E-state index is 0.0666. The van der Waals surface area contributed by atoms with Crippen LogP contribution < -0.4 is 0 Å². The molecule has 5 aliphatic carbocycles. The van der Waals surface area contributed by atoms with E-state index in [1.807, 2.05) is 29.1 Å². The number of carbonyl (C=O) groups excluding carboxylic acids is 2. The van der Waals surface area contributed by atoms with E-state index in [0.29, 0.717) is 12.8 Å². The zero-order chi connectivity index (χ0) is 26.4. The Kier molecular flexibility index (Phi) is 5.35. The van der Waals surface area contributed by atoms with Gasteiger partial charge in [-0.3, -0.25) is 9.59 Å². The summed E-state index contributed by atoms with van der Waals surface area (Å²) >= 11 is 4.29. The van der Waals surface area contributed by atoms with Gasteiger partial charge in [0.2, 0.25) is 5.12 Å². The molecule has 0 radical (unpaired) electrons. The molecule has 0 aliphatic heterocycles. The molecule has 200 valence electrons. The Morgan fingerprint density at radius 2 is 2.00 bits per heavy atom. The normalized spacial score (nSPS) is 39.3. The van der Waals surface area contributed by atoms with E-state index < -0.39 is 17.1 Å². The minimum Gasteiger partial charge on any atom is -0.449 e. The second-order valence-electron chi connectivity index (χ2n) is 12.8. The SMILES string of the molecule is CC12Cc3cnn(-c4ccccn4)c3C=C1CCC1C2C(O)CC2(C)C1CCC2(OC(=O)C1CC1)C(=O)S. The van der Waals surface area contributed by atoms with Gasteiger partial charge < -0.3 is 9.84 Å². The lowest BCUT2D eigenvalue weighted by molar-refractivity contribution is -0.197. The Morgan fingerprint density at radius 3 is 2.71 bits per heavy atom. The molecule has 2 heterocycles. The average Bonchev–Trinajstić information content (AvgIpc) is 3.60. The molecular weight excluding hydrogens is 498 g/mol. The van der Waals surface area contributed by atoms with Crippen LogP contribution in [0.25, 0.3) is 11.9 Å². The molecule has 4 fully saturated rings.